The van der Waals surface area contributed by atoms with Crippen LogP contribution in [0.4, 0.5) is 0 Å². The van der Waals surface area contributed by atoms with Crippen LogP contribution < -0.4 is 16.2 Å². The first-order valence-electron chi connectivity index (χ1n) is 8.20. The number of benzene rings is 1. The maximum Gasteiger partial charge on any atom is 0.122 e. The van der Waals surface area contributed by atoms with Gasteiger partial charge in [-0.3, -0.25) is 0 Å². The van der Waals surface area contributed by atoms with Crippen molar-refractivity contribution in [2.75, 3.05) is 19.7 Å². The van der Waals surface area contributed by atoms with Crippen molar-refractivity contribution < 1.29 is 4.74 Å². The largest absolute Gasteiger partial charge is 0.493 e. The molecule has 21 heavy (non-hydrogen) atoms. The number of ether oxygens (including phenoxy) is 1. The summed E-state index contributed by atoms with van der Waals surface area (Å²) in [5.41, 5.74) is 14.2. The van der Waals surface area contributed by atoms with Crippen molar-refractivity contribution in [3.05, 3.63) is 29.3 Å². The first kappa shape index (κ1) is 18.0. The summed E-state index contributed by atoms with van der Waals surface area (Å²) in [7, 11) is 0. The molecule has 0 saturated carbocycles. The predicted molar refractivity (Wildman–Crippen MR) is 90.9 cm³/mol. The van der Waals surface area contributed by atoms with Crippen molar-refractivity contribution in [1.82, 2.24) is 0 Å². The fraction of sp³-hybridized carbons (Fsp3) is 0.667. The van der Waals surface area contributed by atoms with Crippen LogP contribution in [0.2, 0.25) is 0 Å². The maximum absolute atomic E-state index is 5.87. The summed E-state index contributed by atoms with van der Waals surface area (Å²) in [6.45, 7) is 10.9. The van der Waals surface area contributed by atoms with E-state index in [1.165, 1.54) is 11.1 Å². The highest BCUT2D eigenvalue weighted by Gasteiger charge is 2.15. The molecule has 0 saturated heterocycles. The summed E-state index contributed by atoms with van der Waals surface area (Å²) in [4.78, 5) is 0. The molecule has 1 unspecified atom stereocenters. The van der Waals surface area contributed by atoms with Gasteiger partial charge in [0.1, 0.15) is 5.75 Å². The van der Waals surface area contributed by atoms with Crippen molar-refractivity contribution in [2.45, 2.75) is 52.4 Å². The lowest BCUT2D eigenvalue weighted by Crippen LogP contribution is -2.24. The summed E-state index contributed by atoms with van der Waals surface area (Å²) in [5.74, 6) is 2.36. The highest BCUT2D eigenvalue weighted by molar-refractivity contribution is 5.40. The Bertz CT molecular complexity index is 414. The van der Waals surface area contributed by atoms with Crippen LogP contribution in [0.25, 0.3) is 0 Å². The molecule has 0 radical (unpaired) electrons. The van der Waals surface area contributed by atoms with Gasteiger partial charge in [0.2, 0.25) is 0 Å². The van der Waals surface area contributed by atoms with Gasteiger partial charge in [-0.25, -0.2) is 0 Å². The third-order valence-corrected chi connectivity index (χ3v) is 4.04. The van der Waals surface area contributed by atoms with E-state index in [9.17, 15) is 0 Å². The highest BCUT2D eigenvalue weighted by Crippen LogP contribution is 2.32. The average Bonchev–Trinajstić information content (AvgIpc) is 2.49. The molecule has 1 atom stereocenters. The zero-order valence-electron chi connectivity index (χ0n) is 14.1. The first-order chi connectivity index (χ1) is 10.0. The molecule has 120 valence electrons. The van der Waals surface area contributed by atoms with Gasteiger partial charge in [-0.1, -0.05) is 39.8 Å². The number of hydrogen-bond donors (Lipinski definition) is 2. The lowest BCUT2D eigenvalue weighted by Gasteiger charge is -2.21. The SMILES string of the molecule is CCCOc1ccc(C(C)CC(CN)CN)cc1C(C)C. The Kier molecular flexibility index (Phi) is 7.76. The van der Waals surface area contributed by atoms with Crippen LogP contribution in [-0.2, 0) is 0 Å². The monoisotopic (exact) mass is 292 g/mol. The molecule has 0 aliphatic heterocycles. The molecule has 1 aromatic rings. The van der Waals surface area contributed by atoms with Crippen LogP contribution in [0.5, 0.6) is 5.75 Å². The molecule has 3 heteroatoms. The Hall–Kier alpha value is -1.06. The van der Waals surface area contributed by atoms with Gasteiger partial charge in [-0.05, 0) is 60.9 Å². The fourth-order valence-electron chi connectivity index (χ4n) is 2.59. The summed E-state index contributed by atoms with van der Waals surface area (Å²) in [5, 5.41) is 0. The summed E-state index contributed by atoms with van der Waals surface area (Å²) in [6, 6.07) is 6.60. The highest BCUT2D eigenvalue weighted by atomic mass is 16.5. The van der Waals surface area contributed by atoms with E-state index in [4.69, 9.17) is 16.2 Å². The predicted octanol–water partition coefficient (Wildman–Crippen LogP) is 3.63. The lowest BCUT2D eigenvalue weighted by molar-refractivity contribution is 0.313. The van der Waals surface area contributed by atoms with E-state index in [2.05, 4.69) is 45.9 Å². The standard InChI is InChI=1S/C18H32N2O/c1-5-8-21-18-7-6-16(10-17(18)13(2)3)14(4)9-15(11-19)12-20/h6-7,10,13-15H,5,8-9,11-12,19-20H2,1-4H3. The van der Waals surface area contributed by atoms with E-state index in [-0.39, 0.29) is 0 Å². The van der Waals surface area contributed by atoms with Crippen molar-refractivity contribution in [3.63, 3.8) is 0 Å². The summed E-state index contributed by atoms with van der Waals surface area (Å²) < 4.78 is 5.87. The topological polar surface area (TPSA) is 61.3 Å². The van der Waals surface area contributed by atoms with E-state index >= 15 is 0 Å². The molecule has 3 nitrogen and oxygen atoms in total. The molecular formula is C18H32N2O. The van der Waals surface area contributed by atoms with Crippen LogP contribution in [0, 0.1) is 5.92 Å². The third-order valence-electron chi connectivity index (χ3n) is 4.04. The Labute approximate surface area is 130 Å². The van der Waals surface area contributed by atoms with Gasteiger partial charge in [0.25, 0.3) is 0 Å². The van der Waals surface area contributed by atoms with E-state index in [0.717, 1.165) is 25.2 Å². The van der Waals surface area contributed by atoms with E-state index in [1.807, 2.05) is 0 Å². The molecule has 0 aromatic heterocycles. The molecular weight excluding hydrogens is 260 g/mol. The summed E-state index contributed by atoms with van der Waals surface area (Å²) in [6.07, 6.45) is 2.07. The van der Waals surface area contributed by atoms with Gasteiger partial charge in [0.15, 0.2) is 0 Å². The number of nitrogens with two attached hydrogens (primary N) is 2. The van der Waals surface area contributed by atoms with Crippen LogP contribution >= 0.6 is 0 Å². The molecule has 0 bridgehead atoms. The van der Waals surface area contributed by atoms with Crippen molar-refractivity contribution >= 4 is 0 Å². The van der Waals surface area contributed by atoms with Gasteiger partial charge < -0.3 is 16.2 Å². The Morgan fingerprint density at radius 2 is 1.76 bits per heavy atom. The molecule has 1 aromatic carbocycles. The minimum Gasteiger partial charge on any atom is -0.493 e. The Morgan fingerprint density at radius 1 is 1.10 bits per heavy atom. The lowest BCUT2D eigenvalue weighted by atomic mass is 9.88. The second kappa shape index (κ2) is 9.06. The second-order valence-corrected chi connectivity index (χ2v) is 6.27. The molecule has 4 N–H and O–H groups in total. The minimum absolute atomic E-state index is 0.401. The smallest absolute Gasteiger partial charge is 0.122 e. The van der Waals surface area contributed by atoms with Crippen molar-refractivity contribution in [3.8, 4) is 5.75 Å². The Morgan fingerprint density at radius 3 is 2.29 bits per heavy atom. The molecule has 0 heterocycles. The van der Waals surface area contributed by atoms with Gasteiger partial charge in [-0.15, -0.1) is 0 Å². The van der Waals surface area contributed by atoms with Gasteiger partial charge in [0, 0.05) is 0 Å². The van der Waals surface area contributed by atoms with Gasteiger partial charge in [-0.2, -0.15) is 0 Å². The van der Waals surface area contributed by atoms with E-state index in [1.54, 1.807) is 0 Å². The maximum atomic E-state index is 5.87. The second-order valence-electron chi connectivity index (χ2n) is 6.27. The van der Waals surface area contributed by atoms with Crippen LogP contribution in [0.1, 0.15) is 63.5 Å². The first-order valence-corrected chi connectivity index (χ1v) is 8.20. The zero-order chi connectivity index (χ0) is 15.8. The Balaban J connectivity index is 2.91. The van der Waals surface area contributed by atoms with E-state index in [0.29, 0.717) is 30.8 Å². The zero-order valence-corrected chi connectivity index (χ0v) is 14.1. The molecule has 0 fully saturated rings. The summed E-state index contributed by atoms with van der Waals surface area (Å²) >= 11 is 0. The molecule has 0 amide bonds. The van der Waals surface area contributed by atoms with Crippen LogP contribution in [-0.4, -0.2) is 19.7 Å². The van der Waals surface area contributed by atoms with Crippen LogP contribution in [0.3, 0.4) is 0 Å². The molecule has 0 aliphatic rings. The molecule has 1 rings (SSSR count). The van der Waals surface area contributed by atoms with E-state index < -0.39 is 0 Å². The normalized spacial score (nSPS) is 13.0. The molecule has 0 spiro atoms. The fourth-order valence-corrected chi connectivity index (χ4v) is 2.59. The minimum atomic E-state index is 0.401. The van der Waals surface area contributed by atoms with Gasteiger partial charge in [0.05, 0.1) is 6.61 Å². The number of hydrogen-bond acceptors (Lipinski definition) is 3. The average molecular weight is 292 g/mol. The van der Waals surface area contributed by atoms with Crippen LogP contribution in [0.15, 0.2) is 18.2 Å². The quantitative estimate of drug-likeness (QED) is 0.730. The third kappa shape index (κ3) is 5.33. The van der Waals surface area contributed by atoms with Gasteiger partial charge >= 0.3 is 0 Å². The van der Waals surface area contributed by atoms with Crippen molar-refractivity contribution in [2.24, 2.45) is 17.4 Å². The molecule has 0 aliphatic carbocycles. The van der Waals surface area contributed by atoms with Crippen molar-refractivity contribution in [1.29, 1.82) is 0 Å². The number of rotatable bonds is 9.